The summed E-state index contributed by atoms with van der Waals surface area (Å²) < 4.78 is 11.7. The number of nitrogens with one attached hydrogen (secondary N) is 2. The minimum atomic E-state index is -0.794. The van der Waals surface area contributed by atoms with E-state index >= 15 is 0 Å². The molecule has 0 fully saturated rings. The van der Waals surface area contributed by atoms with Gasteiger partial charge in [0.2, 0.25) is 0 Å². The number of amides is 2. The van der Waals surface area contributed by atoms with Crippen LogP contribution in [0.15, 0.2) is 46.9 Å². The fraction of sp³-hybridized carbons (Fsp3) is 0.333. The van der Waals surface area contributed by atoms with Crippen molar-refractivity contribution in [1.82, 2.24) is 10.9 Å². The molecular formula is C21H24BrClN2O4. The van der Waals surface area contributed by atoms with E-state index in [0.29, 0.717) is 16.5 Å². The number of carbonyl (C=O) groups excluding carboxylic acids is 2. The van der Waals surface area contributed by atoms with Crippen LogP contribution in [0.5, 0.6) is 11.5 Å². The molecule has 1 unspecified atom stereocenters. The van der Waals surface area contributed by atoms with Gasteiger partial charge in [0.25, 0.3) is 11.8 Å². The highest BCUT2D eigenvalue weighted by atomic mass is 79.9. The molecule has 2 N–H and O–H groups in total. The topological polar surface area (TPSA) is 76.7 Å². The maximum Gasteiger partial charge on any atom is 0.279 e. The van der Waals surface area contributed by atoms with Crippen LogP contribution in [-0.4, -0.2) is 24.5 Å². The molecule has 0 heterocycles. The van der Waals surface area contributed by atoms with E-state index in [2.05, 4.69) is 47.6 Å². The normalized spacial score (nSPS) is 12.1. The molecule has 0 saturated heterocycles. The number of ether oxygens (including phenoxy) is 2. The number of rotatable bonds is 6. The summed E-state index contributed by atoms with van der Waals surface area (Å²) in [4.78, 5) is 24.0. The van der Waals surface area contributed by atoms with Crippen LogP contribution in [0.3, 0.4) is 0 Å². The second-order valence-corrected chi connectivity index (χ2v) is 8.76. The highest BCUT2D eigenvalue weighted by Gasteiger charge is 2.17. The van der Waals surface area contributed by atoms with Gasteiger partial charge >= 0.3 is 0 Å². The van der Waals surface area contributed by atoms with Crippen LogP contribution in [0.1, 0.15) is 33.3 Å². The Labute approximate surface area is 184 Å². The fourth-order valence-electron chi connectivity index (χ4n) is 2.30. The Morgan fingerprint density at radius 3 is 2.34 bits per heavy atom. The van der Waals surface area contributed by atoms with Crippen molar-refractivity contribution in [3.63, 3.8) is 0 Å². The smallest absolute Gasteiger partial charge is 0.279 e. The van der Waals surface area contributed by atoms with Gasteiger partial charge in [-0.2, -0.15) is 0 Å². The second kappa shape index (κ2) is 9.98. The van der Waals surface area contributed by atoms with Gasteiger partial charge in [-0.05, 0) is 48.2 Å². The number of hydrogen-bond acceptors (Lipinski definition) is 4. The number of halogens is 2. The first-order valence-corrected chi connectivity index (χ1v) is 10.2. The van der Waals surface area contributed by atoms with E-state index < -0.39 is 17.9 Å². The molecule has 156 valence electrons. The Kier molecular flexibility index (Phi) is 7.93. The molecule has 0 radical (unpaired) electrons. The molecule has 0 aromatic heterocycles. The van der Waals surface area contributed by atoms with Crippen LogP contribution in [0.25, 0.3) is 0 Å². The van der Waals surface area contributed by atoms with Gasteiger partial charge in [-0.1, -0.05) is 60.4 Å². The molecule has 0 aliphatic rings. The number of hydrazine groups is 1. The molecule has 8 heteroatoms. The van der Waals surface area contributed by atoms with Crippen molar-refractivity contribution in [2.45, 2.75) is 39.2 Å². The molecule has 0 saturated carbocycles. The number of benzene rings is 2. The summed E-state index contributed by atoms with van der Waals surface area (Å²) in [6.45, 7) is 7.66. The van der Waals surface area contributed by atoms with Gasteiger partial charge in [0.05, 0.1) is 5.02 Å². The lowest BCUT2D eigenvalue weighted by atomic mass is 9.87. The first-order valence-electron chi connectivity index (χ1n) is 9.00. The zero-order valence-electron chi connectivity index (χ0n) is 16.7. The Hall–Kier alpha value is -2.25. The molecular weight excluding hydrogens is 460 g/mol. The van der Waals surface area contributed by atoms with Crippen LogP contribution < -0.4 is 20.3 Å². The van der Waals surface area contributed by atoms with E-state index in [1.165, 1.54) is 5.56 Å². The lowest BCUT2D eigenvalue weighted by molar-refractivity contribution is -0.133. The van der Waals surface area contributed by atoms with E-state index in [0.717, 1.165) is 4.47 Å². The summed E-state index contributed by atoms with van der Waals surface area (Å²) in [5, 5.41) is 0.371. The Bertz CT molecular complexity index is 866. The van der Waals surface area contributed by atoms with Crippen molar-refractivity contribution in [3.8, 4) is 11.5 Å². The monoisotopic (exact) mass is 482 g/mol. The largest absolute Gasteiger partial charge is 0.482 e. The summed E-state index contributed by atoms with van der Waals surface area (Å²) in [6.07, 6.45) is -0.794. The molecule has 0 aliphatic heterocycles. The molecule has 0 spiro atoms. The summed E-state index contributed by atoms with van der Waals surface area (Å²) in [6, 6.07) is 12.6. The maximum atomic E-state index is 12.1. The third kappa shape index (κ3) is 7.25. The first kappa shape index (κ1) is 23.0. The minimum Gasteiger partial charge on any atom is -0.482 e. The van der Waals surface area contributed by atoms with E-state index in [1.807, 2.05) is 24.3 Å². The Balaban J connectivity index is 1.78. The van der Waals surface area contributed by atoms with E-state index in [-0.39, 0.29) is 12.0 Å². The van der Waals surface area contributed by atoms with Crippen molar-refractivity contribution in [2.75, 3.05) is 6.61 Å². The molecule has 2 amide bonds. The summed E-state index contributed by atoms with van der Waals surface area (Å²) in [5.74, 6) is -0.0778. The van der Waals surface area contributed by atoms with Gasteiger partial charge in [-0.25, -0.2) is 0 Å². The average molecular weight is 484 g/mol. The van der Waals surface area contributed by atoms with Crippen molar-refractivity contribution in [1.29, 1.82) is 0 Å². The standard InChI is InChI=1S/C21H24BrClN2O4/c1-13(29-16-8-5-14(6-9-16)21(2,3)4)20(27)25-24-19(26)12-28-18-10-7-15(22)11-17(18)23/h5-11,13H,12H2,1-4H3,(H,24,26)(H,25,27). The predicted octanol–water partition coefficient (Wildman–Crippen LogP) is 4.39. The zero-order valence-corrected chi connectivity index (χ0v) is 19.1. The van der Waals surface area contributed by atoms with Crippen molar-refractivity contribution in [2.24, 2.45) is 0 Å². The van der Waals surface area contributed by atoms with Crippen LogP contribution in [0, 0.1) is 0 Å². The van der Waals surface area contributed by atoms with Crippen LogP contribution in [0.2, 0.25) is 5.02 Å². The number of carbonyl (C=O) groups is 2. The van der Waals surface area contributed by atoms with Crippen LogP contribution >= 0.6 is 27.5 Å². The molecule has 0 bridgehead atoms. The predicted molar refractivity (Wildman–Crippen MR) is 116 cm³/mol. The number of hydrogen-bond donors (Lipinski definition) is 2. The lowest BCUT2D eigenvalue weighted by Crippen LogP contribution is -2.48. The lowest BCUT2D eigenvalue weighted by Gasteiger charge is -2.20. The van der Waals surface area contributed by atoms with Crippen molar-refractivity contribution in [3.05, 3.63) is 57.5 Å². The quantitative estimate of drug-likeness (QED) is 0.597. The molecule has 2 aromatic rings. The Morgan fingerprint density at radius 2 is 1.76 bits per heavy atom. The molecule has 29 heavy (non-hydrogen) atoms. The second-order valence-electron chi connectivity index (χ2n) is 7.44. The van der Waals surface area contributed by atoms with Gasteiger partial charge in [-0.3, -0.25) is 20.4 Å². The third-order valence-electron chi connectivity index (χ3n) is 3.98. The summed E-state index contributed by atoms with van der Waals surface area (Å²) >= 11 is 9.31. The van der Waals surface area contributed by atoms with Crippen molar-refractivity contribution >= 4 is 39.3 Å². The highest BCUT2D eigenvalue weighted by molar-refractivity contribution is 9.10. The van der Waals surface area contributed by atoms with Crippen LogP contribution in [0.4, 0.5) is 0 Å². The van der Waals surface area contributed by atoms with E-state index in [1.54, 1.807) is 25.1 Å². The van der Waals surface area contributed by atoms with Gasteiger partial charge < -0.3 is 9.47 Å². The van der Waals surface area contributed by atoms with Crippen LogP contribution in [-0.2, 0) is 15.0 Å². The summed E-state index contributed by atoms with van der Waals surface area (Å²) in [7, 11) is 0. The summed E-state index contributed by atoms with van der Waals surface area (Å²) in [5.41, 5.74) is 5.80. The molecule has 0 aliphatic carbocycles. The highest BCUT2D eigenvalue weighted by Crippen LogP contribution is 2.27. The third-order valence-corrected chi connectivity index (χ3v) is 4.77. The average Bonchev–Trinajstić information content (AvgIpc) is 2.65. The van der Waals surface area contributed by atoms with E-state index in [9.17, 15) is 9.59 Å². The SMILES string of the molecule is CC(Oc1ccc(C(C)(C)C)cc1)C(=O)NNC(=O)COc1ccc(Br)cc1Cl. The molecule has 1 atom stereocenters. The van der Waals surface area contributed by atoms with Gasteiger partial charge in [0, 0.05) is 4.47 Å². The maximum absolute atomic E-state index is 12.1. The van der Waals surface area contributed by atoms with Crippen molar-refractivity contribution < 1.29 is 19.1 Å². The molecule has 2 rings (SSSR count). The zero-order chi connectivity index (χ0) is 21.6. The fourth-order valence-corrected chi connectivity index (χ4v) is 3.02. The minimum absolute atomic E-state index is 0.0361. The van der Waals surface area contributed by atoms with E-state index in [4.69, 9.17) is 21.1 Å². The first-order chi connectivity index (χ1) is 13.6. The van der Waals surface area contributed by atoms with Gasteiger partial charge in [-0.15, -0.1) is 0 Å². The molecule has 6 nitrogen and oxygen atoms in total. The van der Waals surface area contributed by atoms with Gasteiger partial charge in [0.1, 0.15) is 11.5 Å². The van der Waals surface area contributed by atoms with Gasteiger partial charge in [0.15, 0.2) is 12.7 Å². The molecule has 2 aromatic carbocycles. The Morgan fingerprint density at radius 1 is 1.10 bits per heavy atom.